The summed E-state index contributed by atoms with van der Waals surface area (Å²) < 4.78 is 2.59. The van der Waals surface area contributed by atoms with Crippen molar-refractivity contribution >= 4 is 17.7 Å². The quantitative estimate of drug-likeness (QED) is 0.355. The van der Waals surface area contributed by atoms with Crippen LogP contribution in [0.25, 0.3) is 17.7 Å². The van der Waals surface area contributed by atoms with Crippen molar-refractivity contribution in [2.45, 2.75) is 91.0 Å². The molecule has 1 heteroatoms. The zero-order valence-electron chi connectivity index (χ0n) is 22.8. The van der Waals surface area contributed by atoms with Gasteiger partial charge in [0.2, 0.25) is 0 Å². The zero-order valence-corrected chi connectivity index (χ0v) is 22.8. The highest BCUT2D eigenvalue weighted by atomic mass is 15.0. The van der Waals surface area contributed by atoms with Crippen LogP contribution in [0.4, 0.5) is 0 Å². The van der Waals surface area contributed by atoms with Gasteiger partial charge in [-0.05, 0) is 85.1 Å². The van der Waals surface area contributed by atoms with Crippen LogP contribution >= 0.6 is 0 Å². The number of allylic oxidation sites excluding steroid dienone is 5. The van der Waals surface area contributed by atoms with Gasteiger partial charge in [0, 0.05) is 23.5 Å². The second-order valence-electron chi connectivity index (χ2n) is 11.8. The highest BCUT2D eigenvalue weighted by molar-refractivity contribution is 5.79. The first-order valence-corrected chi connectivity index (χ1v) is 14.6. The van der Waals surface area contributed by atoms with Gasteiger partial charge < -0.3 is 4.57 Å². The van der Waals surface area contributed by atoms with E-state index in [1.807, 2.05) is 0 Å². The molecule has 1 fully saturated rings. The summed E-state index contributed by atoms with van der Waals surface area (Å²) in [5.74, 6) is 1.98. The van der Waals surface area contributed by atoms with Crippen LogP contribution in [0.5, 0.6) is 0 Å². The van der Waals surface area contributed by atoms with Gasteiger partial charge in [-0.15, -0.1) is 0 Å². The Morgan fingerprint density at radius 2 is 1.83 bits per heavy atom. The molecule has 5 rings (SSSR count). The second kappa shape index (κ2) is 11.2. The molecule has 0 aliphatic heterocycles. The number of hydrogen-bond acceptors (Lipinski definition) is 0. The van der Waals surface area contributed by atoms with E-state index in [2.05, 4.69) is 92.8 Å². The molecule has 190 valence electrons. The summed E-state index contributed by atoms with van der Waals surface area (Å²) >= 11 is 0. The van der Waals surface area contributed by atoms with Crippen molar-refractivity contribution in [2.75, 3.05) is 0 Å². The smallest absolute Gasteiger partial charge is 0.0485 e. The van der Waals surface area contributed by atoms with Gasteiger partial charge in [0.15, 0.2) is 0 Å². The monoisotopic (exact) mass is 479 g/mol. The number of rotatable bonds is 8. The summed E-state index contributed by atoms with van der Waals surface area (Å²) in [4.78, 5) is 0. The molecule has 3 aliphatic rings. The number of benzene rings is 1. The lowest BCUT2D eigenvalue weighted by Gasteiger charge is -2.31. The fourth-order valence-corrected chi connectivity index (χ4v) is 6.81. The van der Waals surface area contributed by atoms with Gasteiger partial charge in [-0.2, -0.15) is 0 Å². The largest absolute Gasteiger partial charge is 0.344 e. The summed E-state index contributed by atoms with van der Waals surface area (Å²) in [6.45, 7) is 11.8. The first-order valence-electron chi connectivity index (χ1n) is 14.6. The molecule has 3 aliphatic carbocycles. The average Bonchev–Trinajstić information content (AvgIpc) is 3.24. The third-order valence-corrected chi connectivity index (χ3v) is 9.41. The molecular formula is C35H45N. The molecule has 36 heavy (non-hydrogen) atoms. The predicted octanol–water partition coefficient (Wildman–Crippen LogP) is 10.1. The molecule has 0 bridgehead atoms. The van der Waals surface area contributed by atoms with Crippen LogP contribution in [0.1, 0.15) is 107 Å². The minimum absolute atomic E-state index is 0.585. The Kier molecular flexibility index (Phi) is 7.85. The summed E-state index contributed by atoms with van der Waals surface area (Å²) in [6, 6.07) is 11.8. The molecule has 1 aromatic carbocycles. The van der Waals surface area contributed by atoms with E-state index in [1.165, 1.54) is 84.9 Å². The summed E-state index contributed by atoms with van der Waals surface area (Å²) in [5, 5.41) is 0. The molecule has 0 saturated heterocycles. The molecule has 0 radical (unpaired) electrons. The Hall–Kier alpha value is -2.54. The van der Waals surface area contributed by atoms with Gasteiger partial charge in [0.1, 0.15) is 0 Å². The molecule has 0 N–H and O–H groups in total. The molecule has 1 heterocycles. The summed E-state index contributed by atoms with van der Waals surface area (Å²) in [5.41, 5.74) is 10.1. The summed E-state index contributed by atoms with van der Waals surface area (Å²) in [7, 11) is 0. The van der Waals surface area contributed by atoms with E-state index in [0.717, 1.165) is 18.8 Å². The summed E-state index contributed by atoms with van der Waals surface area (Å²) in [6.07, 6.45) is 24.7. The molecule has 1 nitrogen and oxygen atoms in total. The van der Waals surface area contributed by atoms with E-state index in [-0.39, 0.29) is 0 Å². The van der Waals surface area contributed by atoms with Crippen molar-refractivity contribution in [3.63, 3.8) is 0 Å². The van der Waals surface area contributed by atoms with Crippen LogP contribution in [-0.2, 0) is 6.42 Å². The lowest BCUT2D eigenvalue weighted by molar-refractivity contribution is 0.321. The van der Waals surface area contributed by atoms with Gasteiger partial charge in [-0.3, -0.25) is 0 Å². The van der Waals surface area contributed by atoms with Gasteiger partial charge in [-0.1, -0.05) is 107 Å². The van der Waals surface area contributed by atoms with Crippen LogP contribution in [0.15, 0.2) is 66.4 Å². The SMILES string of the molecule is C=C1CC([C@H](C)[C@H](C)CC(CC)CC2=CCc3ccccc3C=C2)=Cc2c1ccn2C1CCCCC1. The molecule has 3 atom stereocenters. The molecule has 0 amide bonds. The molecular weight excluding hydrogens is 434 g/mol. The van der Waals surface area contributed by atoms with Crippen LogP contribution in [0, 0.1) is 17.8 Å². The second-order valence-corrected chi connectivity index (χ2v) is 11.8. The molecule has 2 aromatic rings. The van der Waals surface area contributed by atoms with Crippen molar-refractivity contribution in [3.8, 4) is 0 Å². The highest BCUT2D eigenvalue weighted by Gasteiger charge is 2.27. The first kappa shape index (κ1) is 25.1. The fraction of sp³-hybridized carbons (Fsp3) is 0.486. The predicted molar refractivity (Wildman–Crippen MR) is 157 cm³/mol. The van der Waals surface area contributed by atoms with Crippen LogP contribution in [0.2, 0.25) is 0 Å². The third kappa shape index (κ3) is 5.41. The van der Waals surface area contributed by atoms with Gasteiger partial charge >= 0.3 is 0 Å². The molecule has 0 spiro atoms. The van der Waals surface area contributed by atoms with Crippen molar-refractivity contribution in [3.05, 3.63) is 88.8 Å². The van der Waals surface area contributed by atoms with E-state index in [1.54, 1.807) is 5.57 Å². The Labute approximate surface area is 219 Å². The Morgan fingerprint density at radius 3 is 2.64 bits per heavy atom. The van der Waals surface area contributed by atoms with Crippen LogP contribution < -0.4 is 0 Å². The standard InChI is InChI=1S/C35H45N/c1-5-28(23-29-15-17-30-11-9-10-12-31(30)18-16-29)21-25(2)27(4)32-22-26(3)34-19-20-36(35(34)24-32)33-13-7-6-8-14-33/h9-12,15-17,19-20,24-25,27-28,33H,3,5-8,13-14,18,21-23H2,1-2,4H3/t25-,27-,28?/m1/s1. The fourth-order valence-electron chi connectivity index (χ4n) is 6.81. The molecule has 1 saturated carbocycles. The highest BCUT2D eigenvalue weighted by Crippen LogP contribution is 2.42. The Balaban J connectivity index is 1.27. The number of nitrogens with zero attached hydrogens (tertiary/aromatic N) is 1. The molecule has 1 aromatic heterocycles. The molecule has 1 unspecified atom stereocenters. The number of aromatic nitrogens is 1. The first-order chi connectivity index (χ1) is 17.5. The van der Waals surface area contributed by atoms with Crippen molar-refractivity contribution in [1.82, 2.24) is 4.57 Å². The van der Waals surface area contributed by atoms with Crippen LogP contribution in [0.3, 0.4) is 0 Å². The third-order valence-electron chi connectivity index (χ3n) is 9.41. The number of hydrogen-bond donors (Lipinski definition) is 0. The van der Waals surface area contributed by atoms with Gasteiger partial charge in [0.25, 0.3) is 0 Å². The van der Waals surface area contributed by atoms with Crippen molar-refractivity contribution in [1.29, 1.82) is 0 Å². The van der Waals surface area contributed by atoms with Gasteiger partial charge in [-0.25, -0.2) is 0 Å². The maximum Gasteiger partial charge on any atom is 0.0485 e. The zero-order chi connectivity index (χ0) is 25.1. The normalized spacial score (nSPS) is 20.6. The Bertz CT molecular complexity index is 1160. The number of fused-ring (bicyclic) bond motifs is 2. The lowest BCUT2D eigenvalue weighted by Crippen LogP contribution is -2.18. The lowest BCUT2D eigenvalue weighted by atomic mass is 9.76. The van der Waals surface area contributed by atoms with Gasteiger partial charge in [0.05, 0.1) is 0 Å². The minimum Gasteiger partial charge on any atom is -0.344 e. The maximum absolute atomic E-state index is 4.52. The van der Waals surface area contributed by atoms with Crippen LogP contribution in [-0.4, -0.2) is 4.57 Å². The van der Waals surface area contributed by atoms with E-state index in [0.29, 0.717) is 17.9 Å². The van der Waals surface area contributed by atoms with E-state index >= 15 is 0 Å². The van der Waals surface area contributed by atoms with Crippen molar-refractivity contribution in [2.24, 2.45) is 17.8 Å². The minimum atomic E-state index is 0.585. The van der Waals surface area contributed by atoms with E-state index in [9.17, 15) is 0 Å². The van der Waals surface area contributed by atoms with E-state index < -0.39 is 0 Å². The average molecular weight is 480 g/mol. The maximum atomic E-state index is 4.52. The van der Waals surface area contributed by atoms with Crippen molar-refractivity contribution < 1.29 is 0 Å². The topological polar surface area (TPSA) is 4.93 Å². The Morgan fingerprint density at radius 1 is 1.03 bits per heavy atom. The van der Waals surface area contributed by atoms with E-state index in [4.69, 9.17) is 0 Å².